The van der Waals surface area contributed by atoms with Crippen LogP contribution in [0.25, 0.3) is 0 Å². The fraction of sp³-hybridized carbons (Fsp3) is 0.818. The van der Waals surface area contributed by atoms with Crippen LogP contribution in [0.3, 0.4) is 0 Å². The molecule has 0 rings (SSSR count). The number of hydrogen-bond acceptors (Lipinski definition) is 3. The second kappa shape index (κ2) is 7.81. The van der Waals surface area contributed by atoms with Crippen LogP contribution in [0.5, 0.6) is 0 Å². The van der Waals surface area contributed by atoms with Crippen molar-refractivity contribution in [1.29, 1.82) is 0 Å². The topological polar surface area (TPSA) is 57.6 Å². The van der Waals surface area contributed by atoms with Crippen molar-refractivity contribution in [3.05, 3.63) is 12.7 Å². The minimum atomic E-state index is -3.89. The van der Waals surface area contributed by atoms with E-state index < -0.39 is 10.1 Å². The highest BCUT2D eigenvalue weighted by Gasteiger charge is 2.18. The highest BCUT2D eigenvalue weighted by atomic mass is 32.2. The summed E-state index contributed by atoms with van der Waals surface area (Å²) in [5.74, 6) is -0.215. The average molecular weight is 249 g/mol. The molecular weight excluding hydrogens is 226 g/mol. The highest BCUT2D eigenvalue weighted by Crippen LogP contribution is 2.06. The van der Waals surface area contributed by atoms with Gasteiger partial charge in [0.15, 0.2) is 0 Å². The van der Waals surface area contributed by atoms with Crippen molar-refractivity contribution in [2.75, 3.05) is 18.8 Å². The molecule has 0 aromatic rings. The second-order valence-electron chi connectivity index (χ2n) is 4.09. The van der Waals surface area contributed by atoms with E-state index in [0.717, 1.165) is 25.8 Å². The van der Waals surface area contributed by atoms with Crippen molar-refractivity contribution < 1.29 is 13.0 Å². The minimum Gasteiger partial charge on any atom is -0.296 e. The van der Waals surface area contributed by atoms with Crippen LogP contribution in [0.1, 0.15) is 33.1 Å². The van der Waals surface area contributed by atoms with Gasteiger partial charge in [-0.3, -0.25) is 9.45 Å². The predicted octanol–water partition coefficient (Wildman–Crippen LogP) is 1.94. The molecule has 0 spiro atoms. The van der Waals surface area contributed by atoms with Gasteiger partial charge in [-0.1, -0.05) is 25.8 Å². The summed E-state index contributed by atoms with van der Waals surface area (Å²) in [6, 6.07) is -0.176. The van der Waals surface area contributed by atoms with E-state index in [2.05, 4.69) is 13.5 Å². The lowest BCUT2D eigenvalue weighted by Crippen LogP contribution is -2.38. The first-order chi connectivity index (χ1) is 7.40. The van der Waals surface area contributed by atoms with Crippen molar-refractivity contribution in [1.82, 2.24) is 4.90 Å². The molecule has 0 heterocycles. The van der Waals surface area contributed by atoms with Gasteiger partial charge in [0.05, 0.1) is 5.75 Å². The van der Waals surface area contributed by atoms with E-state index in [4.69, 9.17) is 4.55 Å². The van der Waals surface area contributed by atoms with E-state index in [1.165, 1.54) is 0 Å². The van der Waals surface area contributed by atoms with Gasteiger partial charge in [0.25, 0.3) is 10.1 Å². The number of hydrogen-bond donors (Lipinski definition) is 1. The first kappa shape index (κ1) is 15.6. The van der Waals surface area contributed by atoms with E-state index in [9.17, 15) is 8.42 Å². The van der Waals surface area contributed by atoms with Gasteiger partial charge in [-0.05, 0) is 19.9 Å². The van der Waals surface area contributed by atoms with Crippen molar-refractivity contribution in [3.63, 3.8) is 0 Å². The second-order valence-corrected chi connectivity index (χ2v) is 5.59. The zero-order valence-corrected chi connectivity index (χ0v) is 11.0. The molecule has 1 N–H and O–H groups in total. The van der Waals surface area contributed by atoms with Crippen LogP contribution in [0.15, 0.2) is 12.7 Å². The van der Waals surface area contributed by atoms with Crippen LogP contribution in [-0.4, -0.2) is 42.8 Å². The van der Waals surface area contributed by atoms with E-state index >= 15 is 0 Å². The quantitative estimate of drug-likeness (QED) is 0.385. The third-order valence-corrected chi connectivity index (χ3v) is 3.39. The molecule has 0 fully saturated rings. The summed E-state index contributed by atoms with van der Waals surface area (Å²) >= 11 is 0. The lowest BCUT2D eigenvalue weighted by molar-refractivity contribution is 0.240. The Morgan fingerprint density at radius 3 is 2.50 bits per heavy atom. The van der Waals surface area contributed by atoms with Crippen LogP contribution >= 0.6 is 0 Å². The van der Waals surface area contributed by atoms with Gasteiger partial charge < -0.3 is 0 Å². The molecule has 0 aliphatic rings. The van der Waals surface area contributed by atoms with Crippen molar-refractivity contribution in [2.45, 2.75) is 39.2 Å². The molecule has 0 aromatic heterocycles. The summed E-state index contributed by atoms with van der Waals surface area (Å²) in [5.41, 5.74) is 0. The summed E-state index contributed by atoms with van der Waals surface area (Å²) in [6.07, 6.45) is 5.06. The molecule has 1 unspecified atom stereocenters. The van der Waals surface area contributed by atoms with Crippen LogP contribution in [0.4, 0.5) is 0 Å². The molecule has 96 valence electrons. The maximum absolute atomic E-state index is 10.8. The smallest absolute Gasteiger partial charge is 0.266 e. The molecule has 0 bridgehead atoms. The van der Waals surface area contributed by atoms with Crippen LogP contribution in [0, 0.1) is 0 Å². The Morgan fingerprint density at radius 2 is 2.06 bits per heavy atom. The molecule has 4 nitrogen and oxygen atoms in total. The zero-order valence-electron chi connectivity index (χ0n) is 10.2. The monoisotopic (exact) mass is 249 g/mol. The Kier molecular flexibility index (Phi) is 7.62. The Labute approximate surface area is 99.1 Å². The maximum Gasteiger partial charge on any atom is 0.266 e. The van der Waals surface area contributed by atoms with Crippen molar-refractivity contribution in [2.24, 2.45) is 0 Å². The molecule has 0 saturated heterocycles. The van der Waals surface area contributed by atoms with Crippen molar-refractivity contribution in [3.8, 4) is 0 Å². The molecule has 0 saturated carbocycles. The first-order valence-corrected chi connectivity index (χ1v) is 7.31. The van der Waals surface area contributed by atoms with Crippen LogP contribution in [-0.2, 0) is 10.1 Å². The van der Waals surface area contributed by atoms with E-state index in [1.54, 1.807) is 6.08 Å². The van der Waals surface area contributed by atoms with Gasteiger partial charge in [0.2, 0.25) is 0 Å². The number of rotatable bonds is 9. The lowest BCUT2D eigenvalue weighted by Gasteiger charge is -2.26. The van der Waals surface area contributed by atoms with Gasteiger partial charge >= 0.3 is 0 Å². The third-order valence-electron chi connectivity index (χ3n) is 2.49. The minimum absolute atomic E-state index is 0.176. The van der Waals surface area contributed by atoms with E-state index in [0.29, 0.717) is 6.54 Å². The summed E-state index contributed by atoms with van der Waals surface area (Å²) in [4.78, 5) is 2.02. The van der Waals surface area contributed by atoms with Crippen LogP contribution in [0.2, 0.25) is 0 Å². The Hall–Kier alpha value is -0.390. The normalized spacial score (nSPS) is 14.0. The molecular formula is C11H23NO3S. The molecule has 5 heteroatoms. The third kappa shape index (κ3) is 7.84. The Balaban J connectivity index is 4.22. The standard InChI is InChI=1S/C11H23NO3S/c1-4-6-7-9-12(8-5-2)11(3)10-16(13,14)15/h5,11H,2,4,6-10H2,1,3H3,(H,13,14,15). The molecule has 0 aromatic carbocycles. The molecule has 0 radical (unpaired) electrons. The number of nitrogens with zero attached hydrogens (tertiary/aromatic N) is 1. The zero-order chi connectivity index (χ0) is 12.6. The van der Waals surface area contributed by atoms with Gasteiger partial charge in [-0.15, -0.1) is 6.58 Å². The predicted molar refractivity (Wildman–Crippen MR) is 67.2 cm³/mol. The van der Waals surface area contributed by atoms with Gasteiger partial charge in [0, 0.05) is 12.6 Å². The van der Waals surface area contributed by atoms with Gasteiger partial charge in [-0.25, -0.2) is 0 Å². The number of unbranched alkanes of at least 4 members (excludes halogenated alkanes) is 2. The summed E-state index contributed by atoms with van der Waals surface area (Å²) in [6.45, 7) is 9.08. The fourth-order valence-electron chi connectivity index (χ4n) is 1.63. The molecule has 1 atom stereocenters. The Morgan fingerprint density at radius 1 is 1.44 bits per heavy atom. The average Bonchev–Trinajstić information content (AvgIpc) is 2.14. The molecule has 0 aliphatic heterocycles. The lowest BCUT2D eigenvalue weighted by atomic mass is 10.2. The molecule has 0 aliphatic carbocycles. The molecule has 16 heavy (non-hydrogen) atoms. The molecule has 0 amide bonds. The first-order valence-electron chi connectivity index (χ1n) is 5.70. The Bertz CT molecular complexity index is 288. The largest absolute Gasteiger partial charge is 0.296 e. The fourth-order valence-corrected chi connectivity index (χ4v) is 2.45. The van der Waals surface area contributed by atoms with Crippen LogP contribution < -0.4 is 0 Å². The van der Waals surface area contributed by atoms with Gasteiger partial charge in [-0.2, -0.15) is 8.42 Å². The summed E-state index contributed by atoms with van der Waals surface area (Å²) in [7, 11) is -3.89. The van der Waals surface area contributed by atoms with E-state index in [-0.39, 0.29) is 11.8 Å². The maximum atomic E-state index is 10.8. The van der Waals surface area contributed by atoms with Crippen molar-refractivity contribution >= 4 is 10.1 Å². The SMILES string of the molecule is C=CCN(CCCCC)C(C)CS(=O)(=O)O. The highest BCUT2D eigenvalue weighted by molar-refractivity contribution is 7.85. The summed E-state index contributed by atoms with van der Waals surface area (Å²) < 4.78 is 30.4. The van der Waals surface area contributed by atoms with Gasteiger partial charge in [0.1, 0.15) is 0 Å². The summed E-state index contributed by atoms with van der Waals surface area (Å²) in [5, 5.41) is 0. The van der Waals surface area contributed by atoms with E-state index in [1.807, 2.05) is 11.8 Å².